The number of nitrogens with zero attached hydrogens (tertiary/aromatic N) is 5. The van der Waals surface area contributed by atoms with Crippen LogP contribution in [0.3, 0.4) is 0 Å². The minimum absolute atomic E-state index is 0.156. The van der Waals surface area contributed by atoms with E-state index in [1.54, 1.807) is 6.33 Å². The smallest absolute Gasteiger partial charge is 0.132 e. The zero-order valence-electron chi connectivity index (χ0n) is 17.4. The second-order valence-electron chi connectivity index (χ2n) is 7.95. The number of H-pyrrole nitrogens is 1. The van der Waals surface area contributed by atoms with Crippen molar-refractivity contribution >= 4 is 16.7 Å². The van der Waals surface area contributed by atoms with Crippen molar-refractivity contribution in [3.63, 3.8) is 0 Å². The Balaban J connectivity index is 1.52. The lowest BCUT2D eigenvalue weighted by Gasteiger charge is -2.36. The predicted octanol–water partition coefficient (Wildman–Crippen LogP) is 4.17. The number of hydrogen-bond donors (Lipinski definition) is 1. The van der Waals surface area contributed by atoms with E-state index in [1.165, 1.54) is 0 Å². The summed E-state index contributed by atoms with van der Waals surface area (Å²) in [5.41, 5.74) is 5.27. The number of aromatic nitrogens is 4. The third kappa shape index (κ3) is 3.74. The Kier molecular flexibility index (Phi) is 4.85. The van der Waals surface area contributed by atoms with Crippen LogP contribution < -0.4 is 4.90 Å². The molecule has 0 amide bonds. The summed E-state index contributed by atoms with van der Waals surface area (Å²) < 4.78 is 5.85. The zero-order valence-corrected chi connectivity index (χ0v) is 17.4. The quantitative estimate of drug-likeness (QED) is 0.545. The largest absolute Gasteiger partial charge is 0.372 e. The van der Waals surface area contributed by atoms with Gasteiger partial charge in [0.2, 0.25) is 0 Å². The Labute approximate surface area is 180 Å². The normalized spacial score (nSPS) is 18.8. The number of benzene rings is 2. The van der Waals surface area contributed by atoms with Crippen LogP contribution in [-0.4, -0.2) is 45.5 Å². The number of hydrogen-bond acceptors (Lipinski definition) is 6. The topological polar surface area (TPSA) is 90.7 Å². The van der Waals surface area contributed by atoms with Gasteiger partial charge in [0.1, 0.15) is 17.8 Å². The first-order valence-corrected chi connectivity index (χ1v) is 10.3. The molecule has 3 heterocycles. The molecule has 2 unspecified atom stereocenters. The monoisotopic (exact) mass is 410 g/mol. The van der Waals surface area contributed by atoms with Gasteiger partial charge in [-0.3, -0.25) is 5.10 Å². The Bertz CT molecular complexity index is 1260. The molecule has 1 aliphatic heterocycles. The molecule has 1 fully saturated rings. The van der Waals surface area contributed by atoms with Crippen LogP contribution in [0, 0.1) is 11.3 Å². The Morgan fingerprint density at radius 1 is 1.00 bits per heavy atom. The fourth-order valence-electron chi connectivity index (χ4n) is 4.14. The highest BCUT2D eigenvalue weighted by molar-refractivity contribution is 5.95. The van der Waals surface area contributed by atoms with Crippen molar-refractivity contribution in [2.24, 2.45) is 0 Å². The standard InChI is InChI=1S/C24H22N6O/c1-15-12-30(13-16(2)31-15)23-10-22(26-14-27-23)24-20-9-19(7-8-21(20)28-29-24)18-5-3-17(11-25)4-6-18/h3-10,14-16H,12-13H2,1-2H3,(H,28,29). The molecule has 1 N–H and O–H groups in total. The van der Waals surface area contributed by atoms with Crippen molar-refractivity contribution < 1.29 is 4.74 Å². The van der Waals surface area contributed by atoms with Crippen LogP contribution in [0.25, 0.3) is 33.4 Å². The van der Waals surface area contributed by atoms with E-state index in [0.29, 0.717) is 5.56 Å². The lowest BCUT2D eigenvalue weighted by Crippen LogP contribution is -2.45. The van der Waals surface area contributed by atoms with Crippen LogP contribution in [0.1, 0.15) is 19.4 Å². The molecule has 0 spiro atoms. The molecule has 7 nitrogen and oxygen atoms in total. The molecule has 7 heteroatoms. The van der Waals surface area contributed by atoms with Gasteiger partial charge in [-0.2, -0.15) is 10.4 Å². The summed E-state index contributed by atoms with van der Waals surface area (Å²) in [6, 6.07) is 17.9. The SMILES string of the molecule is CC1CN(c2cc(-c3n[nH]c4ccc(-c5ccc(C#N)cc5)cc34)ncn2)CC(C)O1. The summed E-state index contributed by atoms with van der Waals surface area (Å²) in [5, 5.41) is 17.7. The molecule has 0 bridgehead atoms. The van der Waals surface area contributed by atoms with Crippen LogP contribution in [-0.2, 0) is 4.74 Å². The summed E-state index contributed by atoms with van der Waals surface area (Å²) in [6.07, 6.45) is 1.91. The lowest BCUT2D eigenvalue weighted by molar-refractivity contribution is -0.00546. The second-order valence-corrected chi connectivity index (χ2v) is 7.95. The number of morpholine rings is 1. The van der Waals surface area contributed by atoms with Gasteiger partial charge in [0.25, 0.3) is 0 Å². The van der Waals surface area contributed by atoms with E-state index in [9.17, 15) is 0 Å². The minimum Gasteiger partial charge on any atom is -0.372 e. The number of rotatable bonds is 3. The van der Waals surface area contributed by atoms with E-state index >= 15 is 0 Å². The van der Waals surface area contributed by atoms with Crippen LogP contribution in [0.2, 0.25) is 0 Å². The molecule has 2 atom stereocenters. The summed E-state index contributed by atoms with van der Waals surface area (Å²) >= 11 is 0. The predicted molar refractivity (Wildman–Crippen MR) is 119 cm³/mol. The first kappa shape index (κ1) is 19.2. The van der Waals surface area contributed by atoms with Gasteiger partial charge in [0, 0.05) is 24.5 Å². The lowest BCUT2D eigenvalue weighted by atomic mass is 10.0. The first-order valence-electron chi connectivity index (χ1n) is 10.3. The van der Waals surface area contributed by atoms with Gasteiger partial charge in [-0.05, 0) is 49.2 Å². The fraction of sp³-hybridized carbons (Fsp3) is 0.250. The highest BCUT2D eigenvalue weighted by Gasteiger charge is 2.24. The number of nitriles is 1. The van der Waals surface area contributed by atoms with E-state index in [1.807, 2.05) is 42.5 Å². The van der Waals surface area contributed by atoms with E-state index in [-0.39, 0.29) is 12.2 Å². The minimum atomic E-state index is 0.156. The molecule has 31 heavy (non-hydrogen) atoms. The number of anilines is 1. The summed E-state index contributed by atoms with van der Waals surface area (Å²) in [7, 11) is 0. The average molecular weight is 410 g/mol. The van der Waals surface area contributed by atoms with Crippen molar-refractivity contribution in [2.45, 2.75) is 26.1 Å². The summed E-state index contributed by atoms with van der Waals surface area (Å²) in [5.74, 6) is 0.881. The van der Waals surface area contributed by atoms with Crippen molar-refractivity contribution in [1.29, 1.82) is 5.26 Å². The Hall–Kier alpha value is -3.76. The molecule has 2 aromatic carbocycles. The highest BCUT2D eigenvalue weighted by Crippen LogP contribution is 2.31. The van der Waals surface area contributed by atoms with Crippen molar-refractivity contribution in [3.05, 3.63) is 60.4 Å². The maximum Gasteiger partial charge on any atom is 0.132 e. The molecule has 154 valence electrons. The first-order chi connectivity index (χ1) is 15.1. The van der Waals surface area contributed by atoms with Gasteiger partial charge >= 0.3 is 0 Å². The van der Waals surface area contributed by atoms with Crippen LogP contribution in [0.4, 0.5) is 5.82 Å². The van der Waals surface area contributed by atoms with Gasteiger partial charge in [-0.1, -0.05) is 18.2 Å². The molecular weight excluding hydrogens is 388 g/mol. The van der Waals surface area contributed by atoms with E-state index in [2.05, 4.69) is 51.0 Å². The van der Waals surface area contributed by atoms with Crippen LogP contribution in [0.15, 0.2) is 54.9 Å². The highest BCUT2D eigenvalue weighted by atomic mass is 16.5. The third-order valence-corrected chi connectivity index (χ3v) is 5.55. The number of nitrogens with one attached hydrogen (secondary N) is 1. The third-order valence-electron chi connectivity index (χ3n) is 5.55. The van der Waals surface area contributed by atoms with Gasteiger partial charge in [-0.15, -0.1) is 0 Å². The van der Waals surface area contributed by atoms with Crippen LogP contribution in [0.5, 0.6) is 0 Å². The van der Waals surface area contributed by atoms with Gasteiger partial charge < -0.3 is 9.64 Å². The van der Waals surface area contributed by atoms with Crippen molar-refractivity contribution in [2.75, 3.05) is 18.0 Å². The fourth-order valence-corrected chi connectivity index (χ4v) is 4.14. The number of ether oxygens (including phenoxy) is 1. The molecule has 4 aromatic rings. The van der Waals surface area contributed by atoms with Crippen molar-refractivity contribution in [3.8, 4) is 28.6 Å². The number of aromatic amines is 1. The Morgan fingerprint density at radius 2 is 1.74 bits per heavy atom. The van der Waals surface area contributed by atoms with E-state index < -0.39 is 0 Å². The zero-order chi connectivity index (χ0) is 21.4. The molecule has 1 saturated heterocycles. The molecule has 5 rings (SSSR count). The van der Waals surface area contributed by atoms with E-state index in [0.717, 1.165) is 52.3 Å². The van der Waals surface area contributed by atoms with Crippen LogP contribution >= 0.6 is 0 Å². The summed E-state index contributed by atoms with van der Waals surface area (Å²) in [6.45, 7) is 5.75. The molecule has 0 radical (unpaired) electrons. The van der Waals surface area contributed by atoms with Gasteiger partial charge in [0.15, 0.2) is 0 Å². The molecular formula is C24H22N6O. The Morgan fingerprint density at radius 3 is 2.48 bits per heavy atom. The summed E-state index contributed by atoms with van der Waals surface area (Å²) in [4.78, 5) is 11.2. The molecule has 1 aliphatic rings. The molecule has 0 saturated carbocycles. The van der Waals surface area contributed by atoms with E-state index in [4.69, 9.17) is 10.00 Å². The number of fused-ring (bicyclic) bond motifs is 1. The van der Waals surface area contributed by atoms with Gasteiger partial charge in [-0.25, -0.2) is 9.97 Å². The van der Waals surface area contributed by atoms with Gasteiger partial charge in [0.05, 0.1) is 35.1 Å². The maximum absolute atomic E-state index is 9.04. The van der Waals surface area contributed by atoms with Crippen molar-refractivity contribution in [1.82, 2.24) is 20.2 Å². The molecule has 0 aliphatic carbocycles. The maximum atomic E-state index is 9.04. The second kappa shape index (κ2) is 7.82. The average Bonchev–Trinajstić information content (AvgIpc) is 3.22. The molecule has 2 aromatic heterocycles.